The first-order valence-electron chi connectivity index (χ1n) is 6.35. The van der Waals surface area contributed by atoms with Crippen LogP contribution in [0.3, 0.4) is 0 Å². The molecule has 0 radical (unpaired) electrons. The number of hydrogen-bond donors (Lipinski definition) is 2. The SMILES string of the molecule is CC(C)C(C)NC(=O)COc1cccc(F)c1CN. The van der Waals surface area contributed by atoms with Crippen LogP contribution < -0.4 is 15.8 Å². The second kappa shape index (κ2) is 7.09. The van der Waals surface area contributed by atoms with Crippen molar-refractivity contribution in [1.29, 1.82) is 0 Å². The third kappa shape index (κ3) is 4.52. The van der Waals surface area contributed by atoms with Crippen LogP contribution in [0, 0.1) is 11.7 Å². The monoisotopic (exact) mass is 268 g/mol. The molecular formula is C14H21FN2O2. The molecule has 4 nitrogen and oxygen atoms in total. The van der Waals surface area contributed by atoms with Gasteiger partial charge in [-0.05, 0) is 25.0 Å². The second-order valence-electron chi connectivity index (χ2n) is 4.81. The molecule has 0 bridgehead atoms. The number of nitrogens with one attached hydrogen (secondary N) is 1. The van der Waals surface area contributed by atoms with E-state index in [1.54, 1.807) is 6.07 Å². The van der Waals surface area contributed by atoms with Gasteiger partial charge >= 0.3 is 0 Å². The molecule has 19 heavy (non-hydrogen) atoms. The summed E-state index contributed by atoms with van der Waals surface area (Å²) < 4.78 is 18.7. The van der Waals surface area contributed by atoms with Gasteiger partial charge in [-0.1, -0.05) is 19.9 Å². The number of hydrogen-bond acceptors (Lipinski definition) is 3. The highest BCUT2D eigenvalue weighted by molar-refractivity contribution is 5.77. The quantitative estimate of drug-likeness (QED) is 0.827. The van der Waals surface area contributed by atoms with Crippen LogP contribution in [0.2, 0.25) is 0 Å². The fourth-order valence-electron chi connectivity index (χ4n) is 1.48. The Balaban J connectivity index is 2.58. The Labute approximate surface area is 113 Å². The van der Waals surface area contributed by atoms with Gasteiger partial charge in [0, 0.05) is 18.2 Å². The van der Waals surface area contributed by atoms with Crippen LogP contribution in [0.25, 0.3) is 0 Å². The summed E-state index contributed by atoms with van der Waals surface area (Å²) in [4.78, 5) is 11.7. The van der Waals surface area contributed by atoms with Gasteiger partial charge in [0.15, 0.2) is 6.61 Å². The van der Waals surface area contributed by atoms with E-state index >= 15 is 0 Å². The second-order valence-corrected chi connectivity index (χ2v) is 4.81. The Morgan fingerprint density at radius 3 is 2.68 bits per heavy atom. The predicted molar refractivity (Wildman–Crippen MR) is 72.2 cm³/mol. The lowest BCUT2D eigenvalue weighted by atomic mass is 10.1. The Hall–Kier alpha value is -1.62. The number of carbonyl (C=O) groups is 1. The molecule has 0 aromatic heterocycles. The Kier molecular flexibility index (Phi) is 5.76. The summed E-state index contributed by atoms with van der Waals surface area (Å²) in [5, 5.41) is 2.81. The van der Waals surface area contributed by atoms with Crippen molar-refractivity contribution < 1.29 is 13.9 Å². The van der Waals surface area contributed by atoms with Crippen molar-refractivity contribution in [3.05, 3.63) is 29.6 Å². The molecule has 0 fully saturated rings. The summed E-state index contributed by atoms with van der Waals surface area (Å²) in [6.45, 7) is 5.85. The maximum atomic E-state index is 13.4. The van der Waals surface area contributed by atoms with Crippen LogP contribution >= 0.6 is 0 Å². The highest BCUT2D eigenvalue weighted by atomic mass is 19.1. The van der Waals surface area contributed by atoms with Crippen molar-refractivity contribution in [2.24, 2.45) is 11.7 Å². The molecule has 1 amide bonds. The van der Waals surface area contributed by atoms with Crippen LogP contribution in [-0.2, 0) is 11.3 Å². The summed E-state index contributed by atoms with van der Waals surface area (Å²) in [6, 6.07) is 4.51. The van der Waals surface area contributed by atoms with Crippen molar-refractivity contribution in [1.82, 2.24) is 5.32 Å². The maximum absolute atomic E-state index is 13.4. The van der Waals surface area contributed by atoms with Gasteiger partial charge in [0.25, 0.3) is 5.91 Å². The fourth-order valence-corrected chi connectivity index (χ4v) is 1.48. The summed E-state index contributed by atoms with van der Waals surface area (Å²) in [5.41, 5.74) is 5.74. The van der Waals surface area contributed by atoms with Crippen LogP contribution in [0.1, 0.15) is 26.3 Å². The summed E-state index contributed by atoms with van der Waals surface area (Å²) in [6.07, 6.45) is 0. The lowest BCUT2D eigenvalue weighted by Gasteiger charge is -2.18. The van der Waals surface area contributed by atoms with Gasteiger partial charge in [0.05, 0.1) is 0 Å². The van der Waals surface area contributed by atoms with E-state index in [0.29, 0.717) is 11.7 Å². The van der Waals surface area contributed by atoms with E-state index in [1.165, 1.54) is 12.1 Å². The standard InChI is InChI=1S/C14H21FN2O2/c1-9(2)10(3)17-14(18)8-19-13-6-4-5-12(15)11(13)7-16/h4-6,9-10H,7-8,16H2,1-3H3,(H,17,18). The van der Waals surface area contributed by atoms with E-state index < -0.39 is 5.82 Å². The Morgan fingerprint density at radius 1 is 1.42 bits per heavy atom. The minimum Gasteiger partial charge on any atom is -0.483 e. The molecule has 5 heteroatoms. The van der Waals surface area contributed by atoms with E-state index in [2.05, 4.69) is 5.32 Å². The normalized spacial score (nSPS) is 12.3. The molecule has 0 saturated carbocycles. The van der Waals surface area contributed by atoms with Crippen molar-refractivity contribution in [2.75, 3.05) is 6.61 Å². The number of rotatable bonds is 6. The number of halogens is 1. The van der Waals surface area contributed by atoms with Gasteiger partial charge < -0.3 is 15.8 Å². The Bertz CT molecular complexity index is 435. The molecule has 0 aliphatic rings. The van der Waals surface area contributed by atoms with Crippen LogP contribution in [-0.4, -0.2) is 18.6 Å². The van der Waals surface area contributed by atoms with Crippen LogP contribution in [0.15, 0.2) is 18.2 Å². The van der Waals surface area contributed by atoms with E-state index in [-0.39, 0.29) is 30.7 Å². The van der Waals surface area contributed by atoms with Crippen LogP contribution in [0.4, 0.5) is 4.39 Å². The molecule has 0 heterocycles. The molecular weight excluding hydrogens is 247 g/mol. The molecule has 1 aromatic carbocycles. The molecule has 0 saturated heterocycles. The fraction of sp³-hybridized carbons (Fsp3) is 0.500. The number of amides is 1. The first-order chi connectivity index (χ1) is 8.95. The molecule has 1 unspecified atom stereocenters. The van der Waals surface area contributed by atoms with Crippen LogP contribution in [0.5, 0.6) is 5.75 Å². The zero-order chi connectivity index (χ0) is 14.4. The first-order valence-corrected chi connectivity index (χ1v) is 6.35. The highest BCUT2D eigenvalue weighted by Gasteiger charge is 2.13. The van der Waals surface area contributed by atoms with Gasteiger partial charge in [0.1, 0.15) is 11.6 Å². The number of nitrogens with two attached hydrogens (primary N) is 1. The molecule has 1 rings (SSSR count). The van der Waals surface area contributed by atoms with Crippen molar-refractivity contribution >= 4 is 5.91 Å². The third-order valence-electron chi connectivity index (χ3n) is 3.03. The van der Waals surface area contributed by atoms with E-state index in [4.69, 9.17) is 10.5 Å². The number of benzene rings is 1. The van der Waals surface area contributed by atoms with Gasteiger partial charge in [-0.25, -0.2) is 4.39 Å². The largest absolute Gasteiger partial charge is 0.483 e. The summed E-state index contributed by atoms with van der Waals surface area (Å²) in [5.74, 6) is 0.0111. The summed E-state index contributed by atoms with van der Waals surface area (Å²) >= 11 is 0. The molecule has 0 spiro atoms. The molecule has 0 aliphatic carbocycles. The van der Waals surface area contributed by atoms with Gasteiger partial charge in [-0.15, -0.1) is 0 Å². The molecule has 0 aliphatic heterocycles. The van der Waals surface area contributed by atoms with Gasteiger partial charge in [0.2, 0.25) is 0 Å². The summed E-state index contributed by atoms with van der Waals surface area (Å²) in [7, 11) is 0. The highest BCUT2D eigenvalue weighted by Crippen LogP contribution is 2.20. The average molecular weight is 268 g/mol. The van der Waals surface area contributed by atoms with Gasteiger partial charge in [-0.2, -0.15) is 0 Å². The average Bonchev–Trinajstić information content (AvgIpc) is 2.36. The van der Waals surface area contributed by atoms with E-state index in [1.807, 2.05) is 20.8 Å². The number of carbonyl (C=O) groups excluding carboxylic acids is 1. The molecule has 1 atom stereocenters. The Morgan fingerprint density at radius 2 is 2.11 bits per heavy atom. The zero-order valence-corrected chi connectivity index (χ0v) is 11.6. The third-order valence-corrected chi connectivity index (χ3v) is 3.03. The molecule has 1 aromatic rings. The predicted octanol–water partition coefficient (Wildman–Crippen LogP) is 1.82. The maximum Gasteiger partial charge on any atom is 0.258 e. The number of ether oxygens (including phenoxy) is 1. The van der Waals surface area contributed by atoms with E-state index in [9.17, 15) is 9.18 Å². The minimum absolute atomic E-state index is 0.0338. The topological polar surface area (TPSA) is 64.3 Å². The smallest absolute Gasteiger partial charge is 0.258 e. The minimum atomic E-state index is -0.420. The lowest BCUT2D eigenvalue weighted by Crippen LogP contribution is -2.39. The van der Waals surface area contributed by atoms with E-state index in [0.717, 1.165) is 0 Å². The van der Waals surface area contributed by atoms with Gasteiger partial charge in [-0.3, -0.25) is 4.79 Å². The molecule has 3 N–H and O–H groups in total. The molecule has 106 valence electrons. The zero-order valence-electron chi connectivity index (χ0n) is 11.6. The van der Waals surface area contributed by atoms with Crippen molar-refractivity contribution in [3.63, 3.8) is 0 Å². The van der Waals surface area contributed by atoms with Crippen molar-refractivity contribution in [3.8, 4) is 5.75 Å². The first kappa shape index (κ1) is 15.4. The lowest BCUT2D eigenvalue weighted by molar-refractivity contribution is -0.124. The van der Waals surface area contributed by atoms with Crippen molar-refractivity contribution in [2.45, 2.75) is 33.4 Å².